The molecule has 0 unspecified atom stereocenters. The molecular weight excluding hydrogens is 366 g/mol. The van der Waals surface area contributed by atoms with E-state index in [-0.39, 0.29) is 17.8 Å². The average Bonchev–Trinajstić information content (AvgIpc) is 2.77. The summed E-state index contributed by atoms with van der Waals surface area (Å²) in [5.41, 5.74) is 2.42. The Bertz CT molecular complexity index is 1030. The first-order valence-electron chi connectivity index (χ1n) is 9.43. The van der Waals surface area contributed by atoms with Gasteiger partial charge in [0.2, 0.25) is 5.91 Å². The third kappa shape index (κ3) is 4.57. The molecule has 150 valence electrons. The zero-order valence-corrected chi connectivity index (χ0v) is 17.1. The van der Waals surface area contributed by atoms with E-state index >= 15 is 0 Å². The third-order valence-electron chi connectivity index (χ3n) is 5.11. The minimum atomic E-state index is -0.372. The first kappa shape index (κ1) is 20.4. The molecule has 0 spiro atoms. The van der Waals surface area contributed by atoms with Crippen molar-refractivity contribution >= 4 is 22.6 Å². The van der Waals surface area contributed by atoms with Crippen LogP contribution in [0.3, 0.4) is 0 Å². The summed E-state index contributed by atoms with van der Waals surface area (Å²) in [6.07, 6.45) is 0. The van der Waals surface area contributed by atoms with E-state index in [1.54, 1.807) is 31.2 Å². The summed E-state index contributed by atoms with van der Waals surface area (Å²) in [5, 5.41) is 2.15. The molecule has 0 radical (unpaired) electrons. The summed E-state index contributed by atoms with van der Waals surface area (Å²) in [6, 6.07) is 19.1. The fourth-order valence-corrected chi connectivity index (χ4v) is 3.33. The predicted octanol–water partition coefficient (Wildman–Crippen LogP) is 4.40. The number of methoxy groups -OCH3 is 2. The topological polar surface area (TPSA) is 55.8 Å². The van der Waals surface area contributed by atoms with Crippen molar-refractivity contribution in [2.45, 2.75) is 19.4 Å². The average molecular weight is 391 g/mol. The number of esters is 1. The second kappa shape index (κ2) is 8.78. The summed E-state index contributed by atoms with van der Waals surface area (Å²) in [6.45, 7) is 2.39. The van der Waals surface area contributed by atoms with Gasteiger partial charge in [-0.2, -0.15) is 0 Å². The van der Waals surface area contributed by atoms with E-state index in [2.05, 4.69) is 6.07 Å². The molecule has 3 rings (SSSR count). The summed E-state index contributed by atoms with van der Waals surface area (Å²) in [7, 11) is 4.79. The lowest BCUT2D eigenvalue weighted by molar-refractivity contribution is -0.131. The van der Waals surface area contributed by atoms with Crippen molar-refractivity contribution in [3.05, 3.63) is 77.4 Å². The number of benzene rings is 3. The van der Waals surface area contributed by atoms with E-state index in [4.69, 9.17) is 9.47 Å². The molecule has 0 saturated heterocycles. The zero-order valence-electron chi connectivity index (χ0n) is 17.1. The van der Waals surface area contributed by atoms with Gasteiger partial charge in [0, 0.05) is 13.6 Å². The van der Waals surface area contributed by atoms with Gasteiger partial charge in [0.05, 0.1) is 25.7 Å². The first-order chi connectivity index (χ1) is 13.9. The monoisotopic (exact) mass is 391 g/mol. The van der Waals surface area contributed by atoms with Gasteiger partial charge in [0.25, 0.3) is 0 Å². The summed E-state index contributed by atoms with van der Waals surface area (Å²) < 4.78 is 9.98. The van der Waals surface area contributed by atoms with Gasteiger partial charge >= 0.3 is 5.97 Å². The quantitative estimate of drug-likeness (QED) is 0.585. The number of rotatable bonds is 6. The van der Waals surface area contributed by atoms with Crippen LogP contribution in [0, 0.1) is 0 Å². The molecule has 5 nitrogen and oxygen atoms in total. The van der Waals surface area contributed by atoms with Gasteiger partial charge in [0.15, 0.2) is 0 Å². The number of amides is 1. The Morgan fingerprint density at radius 2 is 1.59 bits per heavy atom. The normalized spacial score (nSPS) is 11.7. The molecule has 0 aromatic heterocycles. The summed E-state index contributed by atoms with van der Waals surface area (Å²) >= 11 is 0. The van der Waals surface area contributed by atoms with Crippen LogP contribution in [0.5, 0.6) is 5.75 Å². The van der Waals surface area contributed by atoms with Gasteiger partial charge < -0.3 is 14.4 Å². The summed E-state index contributed by atoms with van der Waals surface area (Å²) in [5.74, 6) is 0.214. The molecule has 5 heteroatoms. The summed E-state index contributed by atoms with van der Waals surface area (Å²) in [4.78, 5) is 26.2. The molecule has 3 aromatic rings. The second-order valence-corrected chi connectivity index (χ2v) is 7.08. The molecule has 0 saturated carbocycles. The maximum Gasteiger partial charge on any atom is 0.337 e. The maximum absolute atomic E-state index is 12.9. The molecule has 0 fully saturated rings. The van der Waals surface area contributed by atoms with Crippen LogP contribution in [0.4, 0.5) is 0 Å². The molecule has 0 aliphatic carbocycles. The van der Waals surface area contributed by atoms with E-state index < -0.39 is 0 Å². The maximum atomic E-state index is 12.9. The smallest absolute Gasteiger partial charge is 0.337 e. The Kier molecular flexibility index (Phi) is 6.17. The number of ether oxygens (including phenoxy) is 2. The highest BCUT2D eigenvalue weighted by Crippen LogP contribution is 2.26. The van der Waals surface area contributed by atoms with Crippen molar-refractivity contribution in [3.8, 4) is 5.75 Å². The van der Waals surface area contributed by atoms with Gasteiger partial charge in [0.1, 0.15) is 5.75 Å². The van der Waals surface area contributed by atoms with Crippen molar-refractivity contribution < 1.29 is 19.1 Å². The van der Waals surface area contributed by atoms with Crippen LogP contribution in [0.2, 0.25) is 0 Å². The Labute approximate surface area is 170 Å². The van der Waals surface area contributed by atoms with Gasteiger partial charge in [-0.05, 0) is 53.1 Å². The third-order valence-corrected chi connectivity index (χ3v) is 5.11. The number of carbonyl (C=O) groups excluding carboxylic acids is 2. The highest BCUT2D eigenvalue weighted by molar-refractivity contribution is 5.89. The fraction of sp³-hybridized carbons (Fsp3) is 0.250. The molecular formula is C24H25NO4. The SMILES string of the molecule is COC(=O)c1ccc(CN(C)C(=O)[C@@H](C)c2ccc3cc(OC)ccc3c2)cc1. The Balaban J connectivity index is 1.71. The Morgan fingerprint density at radius 1 is 0.931 bits per heavy atom. The standard InChI is InChI=1S/C24H25NO4/c1-16(19-9-10-21-14-22(28-3)12-11-20(21)13-19)23(26)25(2)15-17-5-7-18(8-6-17)24(27)29-4/h5-14,16H,15H2,1-4H3/t16-/m0/s1. The minimum absolute atomic E-state index is 0.0370. The number of fused-ring (bicyclic) bond motifs is 1. The van der Waals surface area contributed by atoms with E-state index in [0.717, 1.165) is 27.6 Å². The lowest BCUT2D eigenvalue weighted by atomic mass is 9.96. The molecule has 0 aliphatic rings. The fourth-order valence-electron chi connectivity index (χ4n) is 3.33. The van der Waals surface area contributed by atoms with Crippen molar-refractivity contribution in [3.63, 3.8) is 0 Å². The van der Waals surface area contributed by atoms with Crippen molar-refractivity contribution in [1.82, 2.24) is 4.90 Å². The zero-order chi connectivity index (χ0) is 21.0. The van der Waals surface area contributed by atoms with Crippen molar-refractivity contribution in [2.75, 3.05) is 21.3 Å². The van der Waals surface area contributed by atoms with E-state index in [0.29, 0.717) is 12.1 Å². The van der Waals surface area contributed by atoms with E-state index in [1.807, 2.05) is 49.4 Å². The number of carbonyl (C=O) groups is 2. The molecule has 3 aromatic carbocycles. The number of hydrogen-bond donors (Lipinski definition) is 0. The van der Waals surface area contributed by atoms with Gasteiger partial charge in [-0.15, -0.1) is 0 Å². The van der Waals surface area contributed by atoms with Crippen LogP contribution >= 0.6 is 0 Å². The molecule has 0 heterocycles. The molecule has 0 N–H and O–H groups in total. The van der Waals surface area contributed by atoms with E-state index in [1.165, 1.54) is 7.11 Å². The lowest BCUT2D eigenvalue weighted by Gasteiger charge is -2.22. The van der Waals surface area contributed by atoms with Crippen LogP contribution in [0.1, 0.15) is 34.3 Å². The molecule has 0 aliphatic heterocycles. The Morgan fingerprint density at radius 3 is 2.24 bits per heavy atom. The number of likely N-dealkylation sites (N-methyl/N-ethyl adjacent to an activating group) is 1. The van der Waals surface area contributed by atoms with Crippen molar-refractivity contribution in [1.29, 1.82) is 0 Å². The van der Waals surface area contributed by atoms with Crippen LogP contribution in [-0.4, -0.2) is 38.0 Å². The Hall–Kier alpha value is -3.34. The molecule has 1 amide bonds. The van der Waals surface area contributed by atoms with E-state index in [9.17, 15) is 9.59 Å². The molecule has 29 heavy (non-hydrogen) atoms. The van der Waals surface area contributed by atoms with Gasteiger partial charge in [-0.25, -0.2) is 4.79 Å². The number of nitrogens with zero attached hydrogens (tertiary/aromatic N) is 1. The van der Waals surface area contributed by atoms with Crippen molar-refractivity contribution in [2.24, 2.45) is 0 Å². The van der Waals surface area contributed by atoms with Crippen LogP contribution < -0.4 is 4.74 Å². The molecule has 1 atom stereocenters. The number of hydrogen-bond acceptors (Lipinski definition) is 4. The van der Waals surface area contributed by atoms with Gasteiger partial charge in [-0.3, -0.25) is 4.79 Å². The highest BCUT2D eigenvalue weighted by Gasteiger charge is 2.20. The lowest BCUT2D eigenvalue weighted by Crippen LogP contribution is -2.30. The second-order valence-electron chi connectivity index (χ2n) is 7.08. The largest absolute Gasteiger partial charge is 0.497 e. The van der Waals surface area contributed by atoms with Gasteiger partial charge in [-0.1, -0.05) is 36.4 Å². The highest BCUT2D eigenvalue weighted by atomic mass is 16.5. The minimum Gasteiger partial charge on any atom is -0.497 e. The predicted molar refractivity (Wildman–Crippen MR) is 113 cm³/mol. The first-order valence-corrected chi connectivity index (χ1v) is 9.43. The van der Waals surface area contributed by atoms with Crippen LogP contribution in [-0.2, 0) is 16.1 Å². The molecule has 0 bridgehead atoms. The van der Waals surface area contributed by atoms with Crippen LogP contribution in [0.25, 0.3) is 10.8 Å². The van der Waals surface area contributed by atoms with Crippen LogP contribution in [0.15, 0.2) is 60.7 Å².